The Morgan fingerprint density at radius 2 is 2.00 bits per heavy atom. The Hall–Kier alpha value is -1.03. The second kappa shape index (κ2) is 5.31. The van der Waals surface area contributed by atoms with Gasteiger partial charge in [0.05, 0.1) is 16.3 Å². The molecule has 1 aliphatic carbocycles. The summed E-state index contributed by atoms with van der Waals surface area (Å²) in [4.78, 5) is 0.426. The molecule has 1 N–H and O–H groups in total. The summed E-state index contributed by atoms with van der Waals surface area (Å²) >= 11 is 0. The summed E-state index contributed by atoms with van der Waals surface area (Å²) in [6, 6.07) is 7.52. The van der Waals surface area contributed by atoms with Crippen LogP contribution in [0.3, 0.4) is 0 Å². The van der Waals surface area contributed by atoms with E-state index in [4.69, 9.17) is 0 Å². The van der Waals surface area contributed by atoms with Crippen molar-refractivity contribution >= 4 is 15.5 Å². The number of nitrogens with one attached hydrogen (secondary N) is 1. The molecule has 0 amide bonds. The maximum Gasteiger partial charge on any atom is 0.180 e. The van der Waals surface area contributed by atoms with E-state index in [2.05, 4.69) is 12.2 Å². The summed E-state index contributed by atoms with van der Waals surface area (Å²) in [5, 5.41) is 3.34. The molecule has 1 atom stereocenters. The summed E-state index contributed by atoms with van der Waals surface area (Å²) in [5.74, 6) is 0.977. The van der Waals surface area contributed by atoms with Crippen molar-refractivity contribution in [3.63, 3.8) is 0 Å². The molecule has 1 fully saturated rings. The van der Waals surface area contributed by atoms with Gasteiger partial charge in [0.15, 0.2) is 9.84 Å². The molecule has 1 aromatic rings. The van der Waals surface area contributed by atoms with Crippen molar-refractivity contribution < 1.29 is 8.42 Å². The molecule has 0 bridgehead atoms. The van der Waals surface area contributed by atoms with Crippen LogP contribution in [-0.4, -0.2) is 20.2 Å². The fraction of sp³-hybridized carbons (Fsp3) is 0.571. The molecule has 0 aromatic heterocycles. The number of hydrogen-bond acceptors (Lipinski definition) is 3. The van der Waals surface area contributed by atoms with Crippen LogP contribution in [0.25, 0.3) is 0 Å². The van der Waals surface area contributed by atoms with Crippen LogP contribution in [0.5, 0.6) is 0 Å². The molecule has 2 rings (SSSR count). The zero-order valence-electron chi connectivity index (χ0n) is 11.0. The van der Waals surface area contributed by atoms with Gasteiger partial charge in [-0.05, 0) is 31.4 Å². The molecular formula is C14H21NO2S. The van der Waals surface area contributed by atoms with E-state index in [1.165, 1.54) is 12.8 Å². The highest BCUT2D eigenvalue weighted by Crippen LogP contribution is 2.34. The number of anilines is 1. The molecule has 0 saturated heterocycles. The molecule has 0 heterocycles. The standard InChI is InChI=1S/C14H21NO2S/c1-3-18(16,17)14-7-5-4-6-13(14)15-11(2)10-12-8-9-12/h4-7,11-12,15H,3,8-10H2,1-2H3. The second-order valence-corrected chi connectivity index (χ2v) is 7.37. The molecule has 1 aromatic carbocycles. The van der Waals surface area contributed by atoms with Gasteiger partial charge in [-0.3, -0.25) is 0 Å². The van der Waals surface area contributed by atoms with Gasteiger partial charge >= 0.3 is 0 Å². The molecular weight excluding hydrogens is 246 g/mol. The molecule has 0 aliphatic heterocycles. The lowest BCUT2D eigenvalue weighted by molar-refractivity contribution is 0.596. The zero-order chi connectivity index (χ0) is 13.2. The molecule has 0 spiro atoms. The fourth-order valence-electron chi connectivity index (χ4n) is 2.19. The summed E-state index contributed by atoms with van der Waals surface area (Å²) < 4.78 is 24.0. The molecule has 0 radical (unpaired) electrons. The first-order chi connectivity index (χ1) is 8.53. The predicted octanol–water partition coefficient (Wildman–Crippen LogP) is 3.08. The summed E-state index contributed by atoms with van der Waals surface area (Å²) in [5.41, 5.74) is 0.743. The van der Waals surface area contributed by atoms with E-state index >= 15 is 0 Å². The summed E-state index contributed by atoms with van der Waals surface area (Å²) in [6.45, 7) is 3.80. The van der Waals surface area contributed by atoms with Crippen LogP contribution in [0.15, 0.2) is 29.2 Å². The van der Waals surface area contributed by atoms with Gasteiger partial charge < -0.3 is 5.32 Å². The average Bonchev–Trinajstić information content (AvgIpc) is 3.13. The van der Waals surface area contributed by atoms with Crippen molar-refractivity contribution in [2.45, 2.75) is 44.0 Å². The minimum absolute atomic E-state index is 0.142. The topological polar surface area (TPSA) is 46.2 Å². The van der Waals surface area contributed by atoms with Gasteiger partial charge in [0.1, 0.15) is 0 Å². The van der Waals surface area contributed by atoms with E-state index < -0.39 is 9.84 Å². The lowest BCUT2D eigenvalue weighted by Gasteiger charge is -2.17. The number of para-hydroxylation sites is 1. The van der Waals surface area contributed by atoms with E-state index in [-0.39, 0.29) is 5.75 Å². The zero-order valence-corrected chi connectivity index (χ0v) is 11.8. The normalized spacial score (nSPS) is 17.4. The number of sulfone groups is 1. The van der Waals surface area contributed by atoms with Crippen molar-refractivity contribution in [1.82, 2.24) is 0 Å². The Bertz CT molecular complexity index is 506. The first kappa shape index (κ1) is 13.4. The van der Waals surface area contributed by atoms with Crippen molar-refractivity contribution in [1.29, 1.82) is 0 Å². The van der Waals surface area contributed by atoms with Gasteiger partial charge in [-0.2, -0.15) is 0 Å². The largest absolute Gasteiger partial charge is 0.382 e. The quantitative estimate of drug-likeness (QED) is 0.861. The highest BCUT2D eigenvalue weighted by atomic mass is 32.2. The van der Waals surface area contributed by atoms with E-state index in [9.17, 15) is 8.42 Å². The van der Waals surface area contributed by atoms with Crippen molar-refractivity contribution in [3.8, 4) is 0 Å². The Kier molecular flexibility index (Phi) is 3.95. The minimum Gasteiger partial charge on any atom is -0.382 e. The van der Waals surface area contributed by atoms with Crippen LogP contribution in [-0.2, 0) is 9.84 Å². The first-order valence-corrected chi connectivity index (χ1v) is 8.26. The Morgan fingerprint density at radius 3 is 2.61 bits per heavy atom. The lowest BCUT2D eigenvalue weighted by atomic mass is 10.1. The van der Waals surface area contributed by atoms with Crippen LogP contribution >= 0.6 is 0 Å². The third-order valence-corrected chi connectivity index (χ3v) is 5.17. The molecule has 100 valence electrons. The number of hydrogen-bond donors (Lipinski definition) is 1. The van der Waals surface area contributed by atoms with Gasteiger partial charge in [-0.15, -0.1) is 0 Å². The highest BCUT2D eigenvalue weighted by Gasteiger charge is 2.24. The molecule has 1 unspecified atom stereocenters. The first-order valence-electron chi connectivity index (χ1n) is 6.61. The number of rotatable bonds is 6. The van der Waals surface area contributed by atoms with Gasteiger partial charge in [0, 0.05) is 6.04 Å². The van der Waals surface area contributed by atoms with Gasteiger partial charge in [-0.25, -0.2) is 8.42 Å². The van der Waals surface area contributed by atoms with Crippen molar-refractivity contribution in [3.05, 3.63) is 24.3 Å². The third kappa shape index (κ3) is 3.25. The van der Waals surface area contributed by atoms with E-state index in [0.717, 1.165) is 18.0 Å². The SMILES string of the molecule is CCS(=O)(=O)c1ccccc1NC(C)CC1CC1. The van der Waals surface area contributed by atoms with Gasteiger partial charge in [0.2, 0.25) is 0 Å². The maximum absolute atomic E-state index is 12.0. The van der Waals surface area contributed by atoms with Crippen LogP contribution in [0.2, 0.25) is 0 Å². The van der Waals surface area contributed by atoms with Crippen molar-refractivity contribution in [2.75, 3.05) is 11.1 Å². The Labute approximate surface area is 110 Å². The molecule has 18 heavy (non-hydrogen) atoms. The summed E-state index contributed by atoms with van der Waals surface area (Å²) in [7, 11) is -3.15. The second-order valence-electron chi connectivity index (χ2n) is 5.12. The molecule has 4 heteroatoms. The van der Waals surface area contributed by atoms with Gasteiger partial charge in [0.25, 0.3) is 0 Å². The number of benzene rings is 1. The van der Waals surface area contributed by atoms with E-state index in [1.54, 1.807) is 19.1 Å². The predicted molar refractivity (Wildman–Crippen MR) is 74.6 cm³/mol. The fourth-order valence-corrected chi connectivity index (χ4v) is 3.25. The average molecular weight is 267 g/mol. The Balaban J connectivity index is 2.16. The van der Waals surface area contributed by atoms with Crippen molar-refractivity contribution in [2.24, 2.45) is 5.92 Å². The highest BCUT2D eigenvalue weighted by molar-refractivity contribution is 7.91. The molecule has 3 nitrogen and oxygen atoms in total. The lowest BCUT2D eigenvalue weighted by Crippen LogP contribution is -2.18. The monoisotopic (exact) mass is 267 g/mol. The van der Waals surface area contributed by atoms with Crippen LogP contribution in [0, 0.1) is 5.92 Å². The smallest absolute Gasteiger partial charge is 0.180 e. The maximum atomic E-state index is 12.0. The molecule has 1 saturated carbocycles. The van der Waals surface area contributed by atoms with Crippen LogP contribution in [0.1, 0.15) is 33.1 Å². The Morgan fingerprint density at radius 1 is 1.33 bits per heavy atom. The molecule has 1 aliphatic rings. The van der Waals surface area contributed by atoms with Gasteiger partial charge in [-0.1, -0.05) is 31.9 Å². The summed E-state index contributed by atoms with van der Waals surface area (Å²) in [6.07, 6.45) is 3.77. The van der Waals surface area contributed by atoms with E-state index in [0.29, 0.717) is 10.9 Å². The van der Waals surface area contributed by atoms with Crippen LogP contribution in [0.4, 0.5) is 5.69 Å². The minimum atomic E-state index is -3.15. The van der Waals surface area contributed by atoms with E-state index in [1.807, 2.05) is 12.1 Å². The van der Waals surface area contributed by atoms with Crippen LogP contribution < -0.4 is 5.32 Å². The third-order valence-electron chi connectivity index (χ3n) is 3.39.